The molecule has 3 rings (SSSR count). The first-order valence-electron chi connectivity index (χ1n) is 9.28. The van der Waals surface area contributed by atoms with Crippen molar-refractivity contribution >= 4 is 16.8 Å². The smallest absolute Gasteiger partial charge is 0.251 e. The second kappa shape index (κ2) is 8.59. The van der Waals surface area contributed by atoms with E-state index < -0.39 is 0 Å². The number of likely N-dealkylation sites (N-methyl/N-ethyl adjacent to an activating group) is 1. The summed E-state index contributed by atoms with van der Waals surface area (Å²) in [7, 11) is 3.48. The molecule has 1 amide bonds. The molecular weight excluding hydrogens is 352 g/mol. The van der Waals surface area contributed by atoms with Gasteiger partial charge in [0.05, 0.1) is 23.9 Å². The largest absolute Gasteiger partial charge is 0.497 e. The summed E-state index contributed by atoms with van der Waals surface area (Å²) >= 11 is 0. The maximum Gasteiger partial charge on any atom is 0.251 e. The summed E-state index contributed by atoms with van der Waals surface area (Å²) in [6, 6.07) is 15.5. The molecule has 0 unspecified atom stereocenters. The number of nitrogens with zero attached hydrogens (tertiary/aromatic N) is 2. The Bertz CT molecular complexity index is 1030. The standard InChI is InChI=1S/C22H24N4O2/c1-4-26-20-13-17(28-3)9-10-18(20)19(14-23)21(26)15-5-7-16(8-6-15)22(27)25-12-11-24-2/h5-10,13,24H,4,11-12H2,1-3H3,(H,25,27). The van der Waals surface area contributed by atoms with Crippen LogP contribution in [0.25, 0.3) is 22.2 Å². The fourth-order valence-corrected chi connectivity index (χ4v) is 3.38. The Morgan fingerprint density at radius 3 is 2.54 bits per heavy atom. The van der Waals surface area contributed by atoms with Crippen LogP contribution in [0.5, 0.6) is 5.75 Å². The first-order chi connectivity index (χ1) is 13.6. The molecule has 1 aromatic heterocycles. The molecule has 2 N–H and O–H groups in total. The van der Waals surface area contributed by atoms with Crippen LogP contribution in [0, 0.1) is 11.3 Å². The highest BCUT2D eigenvalue weighted by Gasteiger charge is 2.18. The number of nitrogens with one attached hydrogen (secondary N) is 2. The summed E-state index contributed by atoms with van der Waals surface area (Å²) in [6.45, 7) is 4.05. The lowest BCUT2D eigenvalue weighted by Gasteiger charge is -2.10. The van der Waals surface area contributed by atoms with Gasteiger partial charge in [-0.3, -0.25) is 4.79 Å². The van der Waals surface area contributed by atoms with Crippen LogP contribution < -0.4 is 15.4 Å². The Labute approximate surface area is 164 Å². The lowest BCUT2D eigenvalue weighted by molar-refractivity contribution is 0.0954. The van der Waals surface area contributed by atoms with Gasteiger partial charge >= 0.3 is 0 Å². The fraction of sp³-hybridized carbons (Fsp3) is 0.273. The zero-order valence-corrected chi connectivity index (χ0v) is 16.4. The van der Waals surface area contributed by atoms with E-state index in [2.05, 4.69) is 21.3 Å². The summed E-state index contributed by atoms with van der Waals surface area (Å²) in [5, 5.41) is 16.6. The van der Waals surface area contributed by atoms with E-state index in [1.807, 2.05) is 44.3 Å². The zero-order chi connectivity index (χ0) is 20.1. The number of rotatable bonds is 7. The Hall–Kier alpha value is -3.30. The highest BCUT2D eigenvalue weighted by Crippen LogP contribution is 2.35. The van der Waals surface area contributed by atoms with Crippen LogP contribution in [-0.2, 0) is 6.54 Å². The molecule has 0 radical (unpaired) electrons. The average molecular weight is 376 g/mol. The second-order valence-corrected chi connectivity index (χ2v) is 6.40. The van der Waals surface area contributed by atoms with Gasteiger partial charge < -0.3 is 19.9 Å². The number of aryl methyl sites for hydroxylation is 1. The van der Waals surface area contributed by atoms with Gasteiger partial charge in [0.1, 0.15) is 11.8 Å². The predicted molar refractivity (Wildman–Crippen MR) is 111 cm³/mol. The van der Waals surface area contributed by atoms with E-state index in [4.69, 9.17) is 4.74 Å². The molecule has 0 aliphatic carbocycles. The lowest BCUT2D eigenvalue weighted by atomic mass is 10.0. The van der Waals surface area contributed by atoms with E-state index in [0.717, 1.165) is 34.5 Å². The van der Waals surface area contributed by atoms with Crippen molar-refractivity contribution in [1.82, 2.24) is 15.2 Å². The Kier molecular flexibility index (Phi) is 5.97. The lowest BCUT2D eigenvalue weighted by Crippen LogP contribution is -2.30. The summed E-state index contributed by atoms with van der Waals surface area (Å²) in [5.41, 5.74) is 3.95. The monoisotopic (exact) mass is 376 g/mol. The van der Waals surface area contributed by atoms with Crippen LogP contribution in [0.4, 0.5) is 0 Å². The Morgan fingerprint density at radius 1 is 1.18 bits per heavy atom. The van der Waals surface area contributed by atoms with Crippen LogP contribution in [0.2, 0.25) is 0 Å². The molecule has 0 atom stereocenters. The SMILES string of the molecule is CCn1c(-c2ccc(C(=O)NCCNC)cc2)c(C#N)c2ccc(OC)cc21. The highest BCUT2D eigenvalue weighted by molar-refractivity contribution is 5.97. The van der Waals surface area contributed by atoms with Crippen molar-refractivity contribution < 1.29 is 9.53 Å². The molecule has 0 saturated heterocycles. The number of ether oxygens (including phenoxy) is 1. The first-order valence-corrected chi connectivity index (χ1v) is 9.28. The molecule has 6 heteroatoms. The van der Waals surface area contributed by atoms with Crippen molar-refractivity contribution in [1.29, 1.82) is 5.26 Å². The highest BCUT2D eigenvalue weighted by atomic mass is 16.5. The van der Waals surface area contributed by atoms with Crippen LogP contribution in [-0.4, -0.2) is 37.7 Å². The van der Waals surface area contributed by atoms with Gasteiger partial charge in [-0.25, -0.2) is 0 Å². The van der Waals surface area contributed by atoms with Gasteiger partial charge in [-0.15, -0.1) is 0 Å². The third-order valence-corrected chi connectivity index (χ3v) is 4.78. The minimum absolute atomic E-state index is 0.108. The van der Waals surface area contributed by atoms with Crippen molar-refractivity contribution in [2.45, 2.75) is 13.5 Å². The number of methoxy groups -OCH3 is 1. The quantitative estimate of drug-likeness (QED) is 0.621. The van der Waals surface area contributed by atoms with E-state index in [9.17, 15) is 10.1 Å². The van der Waals surface area contributed by atoms with Gasteiger partial charge in [0.15, 0.2) is 0 Å². The van der Waals surface area contributed by atoms with Gasteiger partial charge in [-0.2, -0.15) is 5.26 Å². The predicted octanol–water partition coefficient (Wildman–Crippen LogP) is 3.16. The van der Waals surface area contributed by atoms with Crippen molar-refractivity contribution in [3.63, 3.8) is 0 Å². The number of fused-ring (bicyclic) bond motifs is 1. The van der Waals surface area contributed by atoms with Gasteiger partial charge in [-0.05, 0) is 43.8 Å². The molecule has 1 heterocycles. The van der Waals surface area contributed by atoms with Crippen LogP contribution in [0.15, 0.2) is 42.5 Å². The number of nitriles is 1. The van der Waals surface area contributed by atoms with Crippen LogP contribution in [0.1, 0.15) is 22.8 Å². The Morgan fingerprint density at radius 2 is 1.93 bits per heavy atom. The van der Waals surface area contributed by atoms with Crippen molar-refractivity contribution in [2.24, 2.45) is 0 Å². The molecule has 0 saturated carbocycles. The summed E-state index contributed by atoms with van der Waals surface area (Å²) in [4.78, 5) is 12.2. The molecule has 0 spiro atoms. The summed E-state index contributed by atoms with van der Waals surface area (Å²) < 4.78 is 7.46. The maximum absolute atomic E-state index is 12.2. The number of carbonyl (C=O) groups is 1. The van der Waals surface area contributed by atoms with Gasteiger partial charge in [0.25, 0.3) is 5.91 Å². The summed E-state index contributed by atoms with van der Waals surface area (Å²) in [5.74, 6) is 0.646. The molecule has 0 fully saturated rings. The van der Waals surface area contributed by atoms with E-state index in [-0.39, 0.29) is 5.91 Å². The molecular formula is C22H24N4O2. The van der Waals surface area contributed by atoms with Crippen molar-refractivity contribution in [3.05, 3.63) is 53.6 Å². The van der Waals surface area contributed by atoms with Gasteiger partial charge in [-0.1, -0.05) is 12.1 Å². The van der Waals surface area contributed by atoms with E-state index in [1.165, 1.54) is 0 Å². The third-order valence-electron chi connectivity index (χ3n) is 4.78. The number of hydrogen-bond acceptors (Lipinski definition) is 4. The number of amides is 1. The molecule has 6 nitrogen and oxygen atoms in total. The third kappa shape index (κ3) is 3.57. The molecule has 28 heavy (non-hydrogen) atoms. The molecule has 0 aliphatic heterocycles. The fourth-order valence-electron chi connectivity index (χ4n) is 3.38. The number of aromatic nitrogens is 1. The molecule has 144 valence electrons. The minimum atomic E-state index is -0.108. The molecule has 0 bridgehead atoms. The van der Waals surface area contributed by atoms with Crippen molar-refractivity contribution in [2.75, 3.05) is 27.2 Å². The minimum Gasteiger partial charge on any atom is -0.497 e. The van der Waals surface area contributed by atoms with Crippen LogP contribution in [0.3, 0.4) is 0 Å². The first kappa shape index (κ1) is 19.5. The number of benzene rings is 2. The maximum atomic E-state index is 12.2. The average Bonchev–Trinajstić information content (AvgIpc) is 3.06. The van der Waals surface area contributed by atoms with E-state index in [1.54, 1.807) is 19.2 Å². The Balaban J connectivity index is 2.03. The number of hydrogen-bond donors (Lipinski definition) is 2. The molecule has 2 aromatic carbocycles. The normalized spacial score (nSPS) is 10.6. The van der Waals surface area contributed by atoms with Crippen LogP contribution >= 0.6 is 0 Å². The molecule has 0 aliphatic rings. The van der Waals surface area contributed by atoms with Gasteiger partial charge in [0.2, 0.25) is 0 Å². The second-order valence-electron chi connectivity index (χ2n) is 6.40. The van der Waals surface area contributed by atoms with Crippen molar-refractivity contribution in [3.8, 4) is 23.1 Å². The van der Waals surface area contributed by atoms with Gasteiger partial charge in [0, 0.05) is 36.7 Å². The zero-order valence-electron chi connectivity index (χ0n) is 16.4. The summed E-state index contributed by atoms with van der Waals surface area (Å²) in [6.07, 6.45) is 0. The topological polar surface area (TPSA) is 79.1 Å². The van der Waals surface area contributed by atoms with E-state index in [0.29, 0.717) is 24.2 Å². The number of carbonyl (C=O) groups excluding carboxylic acids is 1. The van der Waals surface area contributed by atoms with E-state index >= 15 is 0 Å². The molecule has 3 aromatic rings.